The van der Waals surface area contributed by atoms with Gasteiger partial charge in [-0.2, -0.15) is 4.00 Å². The lowest BCUT2D eigenvalue weighted by Gasteiger charge is -2.23. The number of alkyl halides is 2. The lowest BCUT2D eigenvalue weighted by molar-refractivity contribution is -0.725. The molecule has 0 spiro atoms. The van der Waals surface area contributed by atoms with Gasteiger partial charge in [0.25, 0.3) is 0 Å². The van der Waals surface area contributed by atoms with E-state index in [0.717, 1.165) is 0 Å². The molecule has 0 fully saturated rings. The van der Waals surface area contributed by atoms with Gasteiger partial charge < -0.3 is 0 Å². The third-order valence-corrected chi connectivity index (χ3v) is 1.93. The molecule has 5 heteroatoms. The van der Waals surface area contributed by atoms with Gasteiger partial charge in [0.15, 0.2) is 11.8 Å². The molecular formula is C7H13Cl3NO+. The highest BCUT2D eigenvalue weighted by Gasteiger charge is 2.29. The van der Waals surface area contributed by atoms with E-state index in [1.807, 2.05) is 0 Å². The Morgan fingerprint density at radius 1 is 1.25 bits per heavy atom. The summed E-state index contributed by atoms with van der Waals surface area (Å²) in [4.78, 5) is 10.6. The Morgan fingerprint density at radius 3 is 1.75 bits per heavy atom. The predicted octanol–water partition coefficient (Wildman–Crippen LogP) is 2.37. The highest BCUT2D eigenvalue weighted by Crippen LogP contribution is 2.15. The lowest BCUT2D eigenvalue weighted by Crippen LogP contribution is -2.44. The van der Waals surface area contributed by atoms with Gasteiger partial charge in [-0.1, -0.05) is 0 Å². The number of carbonyl (C=O) groups excluding carboxylic acids is 1. The molecule has 0 radical (unpaired) electrons. The maximum atomic E-state index is 10.6. The molecule has 0 bridgehead atoms. The lowest BCUT2D eigenvalue weighted by atomic mass is 10.4. The topological polar surface area (TPSA) is 17.1 Å². The van der Waals surface area contributed by atoms with Crippen LogP contribution < -0.4 is 0 Å². The Hall–Kier alpha value is 0.500. The Kier molecular flexibility index (Phi) is 5.50. The van der Waals surface area contributed by atoms with Crippen LogP contribution in [0, 0.1) is 0 Å². The van der Waals surface area contributed by atoms with Crippen molar-refractivity contribution in [3.8, 4) is 0 Å². The molecule has 2 atom stereocenters. The quantitative estimate of drug-likeness (QED) is 0.405. The maximum absolute atomic E-state index is 10.6. The second-order valence-electron chi connectivity index (χ2n) is 2.96. The maximum Gasteiger partial charge on any atom is 0.319 e. The van der Waals surface area contributed by atoms with Crippen molar-refractivity contribution in [3.63, 3.8) is 0 Å². The van der Waals surface area contributed by atoms with Gasteiger partial charge in [-0.25, -0.2) is 4.79 Å². The first-order chi connectivity index (χ1) is 5.39. The number of rotatable bonds is 5. The molecule has 0 heterocycles. The molecule has 12 heavy (non-hydrogen) atoms. The summed E-state index contributed by atoms with van der Waals surface area (Å²) >= 11 is 17.4. The highest BCUT2D eigenvalue weighted by atomic mass is 35.5. The molecule has 0 aliphatic heterocycles. The van der Waals surface area contributed by atoms with E-state index in [1.54, 1.807) is 13.8 Å². The van der Waals surface area contributed by atoms with Crippen LogP contribution in [-0.4, -0.2) is 34.3 Å². The summed E-state index contributed by atoms with van der Waals surface area (Å²) in [5.74, 6) is 0. The van der Waals surface area contributed by atoms with Gasteiger partial charge in [-0.3, -0.25) is 0 Å². The van der Waals surface area contributed by atoms with E-state index >= 15 is 0 Å². The zero-order chi connectivity index (χ0) is 9.78. The fraction of sp³-hybridized carbons (Fsp3) is 0.857. The van der Waals surface area contributed by atoms with Crippen molar-refractivity contribution >= 4 is 41.4 Å². The predicted molar refractivity (Wildman–Crippen MR) is 52.5 cm³/mol. The summed E-state index contributed by atoms with van der Waals surface area (Å²) in [6.07, 6.45) is 0.666. The van der Waals surface area contributed by atoms with Crippen LogP contribution in [0.15, 0.2) is 0 Å². The fourth-order valence-electron chi connectivity index (χ4n) is 0.997. The minimum absolute atomic E-state index is 0.136. The number of hydrogen-bond acceptors (Lipinski definition) is 1. The zero-order valence-electron chi connectivity index (χ0n) is 7.14. The summed E-state index contributed by atoms with van der Waals surface area (Å²) < 4.78 is -0.241. The standard InChI is InChI=1S/C7H13Cl3NO/c1-6(8)3-11(10,5-12)4-7(2)9/h5-7H,3-4H2,1-2H3/q+1. The summed E-state index contributed by atoms with van der Waals surface area (Å²) in [5.41, 5.74) is 0. The molecule has 0 aliphatic rings. The van der Waals surface area contributed by atoms with Gasteiger partial charge in [-0.05, 0) is 13.8 Å². The third-order valence-electron chi connectivity index (χ3n) is 1.30. The monoisotopic (exact) mass is 232 g/mol. The molecule has 0 saturated carbocycles. The first-order valence-electron chi connectivity index (χ1n) is 3.70. The molecule has 0 aromatic heterocycles. The summed E-state index contributed by atoms with van der Waals surface area (Å²) in [7, 11) is 0. The number of amides is 1. The Morgan fingerprint density at radius 2 is 1.58 bits per heavy atom. The van der Waals surface area contributed by atoms with Crippen molar-refractivity contribution < 1.29 is 8.80 Å². The van der Waals surface area contributed by atoms with E-state index in [4.69, 9.17) is 35.0 Å². The van der Waals surface area contributed by atoms with E-state index < -0.39 is 0 Å². The zero-order valence-corrected chi connectivity index (χ0v) is 9.40. The number of quaternary nitrogens is 1. The van der Waals surface area contributed by atoms with Gasteiger partial charge in [0.2, 0.25) is 0 Å². The summed E-state index contributed by atoms with van der Waals surface area (Å²) in [5, 5.41) is -0.272. The van der Waals surface area contributed by atoms with Crippen molar-refractivity contribution in [2.24, 2.45) is 0 Å². The van der Waals surface area contributed by atoms with Gasteiger partial charge in [0.05, 0.1) is 10.8 Å². The largest absolute Gasteiger partial charge is 0.319 e. The van der Waals surface area contributed by atoms with E-state index in [0.29, 0.717) is 19.5 Å². The van der Waals surface area contributed by atoms with Crippen LogP contribution in [0.25, 0.3) is 0 Å². The molecule has 2 nitrogen and oxygen atoms in total. The van der Waals surface area contributed by atoms with Gasteiger partial charge in [0.1, 0.15) is 13.1 Å². The normalized spacial score (nSPS) is 21.1. The van der Waals surface area contributed by atoms with Crippen LogP contribution in [0.3, 0.4) is 0 Å². The average molecular weight is 234 g/mol. The van der Waals surface area contributed by atoms with E-state index in [2.05, 4.69) is 0 Å². The van der Waals surface area contributed by atoms with E-state index in [1.165, 1.54) is 0 Å². The van der Waals surface area contributed by atoms with E-state index in [-0.39, 0.29) is 14.8 Å². The van der Waals surface area contributed by atoms with Crippen molar-refractivity contribution in [1.29, 1.82) is 0 Å². The highest BCUT2D eigenvalue weighted by molar-refractivity contribution is 6.21. The molecule has 72 valence electrons. The molecular weight excluding hydrogens is 220 g/mol. The van der Waals surface area contributed by atoms with Crippen LogP contribution in [0.4, 0.5) is 0 Å². The molecule has 0 aromatic carbocycles. The Labute approximate surface area is 88.1 Å². The smallest absolute Gasteiger partial charge is 0.232 e. The van der Waals surface area contributed by atoms with Crippen LogP contribution >= 0.6 is 35.0 Å². The van der Waals surface area contributed by atoms with Crippen LogP contribution in [0.2, 0.25) is 0 Å². The second kappa shape index (κ2) is 5.28. The van der Waals surface area contributed by atoms with Gasteiger partial charge in [-0.15, -0.1) is 23.2 Å². The number of hydrogen-bond donors (Lipinski definition) is 0. The summed E-state index contributed by atoms with van der Waals surface area (Å²) in [6.45, 7) is 4.37. The average Bonchev–Trinajstić information content (AvgIpc) is 1.83. The third kappa shape index (κ3) is 5.20. The minimum Gasteiger partial charge on any atom is -0.232 e. The van der Waals surface area contributed by atoms with Crippen molar-refractivity contribution in [1.82, 2.24) is 0 Å². The van der Waals surface area contributed by atoms with Crippen LogP contribution in [-0.2, 0) is 4.79 Å². The van der Waals surface area contributed by atoms with E-state index in [9.17, 15) is 4.79 Å². The first kappa shape index (κ1) is 12.5. The number of carbonyl (C=O) groups is 1. The summed E-state index contributed by atoms with van der Waals surface area (Å²) in [6, 6.07) is 0. The Bertz CT molecular complexity index is 140. The molecule has 0 saturated heterocycles. The molecule has 0 N–H and O–H groups in total. The molecule has 1 amide bonds. The van der Waals surface area contributed by atoms with Crippen LogP contribution in [0.5, 0.6) is 0 Å². The van der Waals surface area contributed by atoms with Crippen molar-refractivity contribution in [2.75, 3.05) is 13.1 Å². The van der Waals surface area contributed by atoms with Gasteiger partial charge >= 0.3 is 6.41 Å². The number of halogens is 3. The van der Waals surface area contributed by atoms with Crippen molar-refractivity contribution in [3.05, 3.63) is 0 Å². The van der Waals surface area contributed by atoms with Crippen LogP contribution in [0.1, 0.15) is 13.8 Å². The molecule has 0 rings (SSSR count). The first-order valence-corrected chi connectivity index (χ1v) is 4.91. The Balaban J connectivity index is 4.14. The molecule has 0 aliphatic carbocycles. The SMILES string of the molecule is CC(Cl)C[N+](Cl)(C=O)CC(C)Cl. The number of nitrogens with zero attached hydrogens (tertiary/aromatic N) is 1. The fourth-order valence-corrected chi connectivity index (χ4v) is 2.04. The van der Waals surface area contributed by atoms with Crippen molar-refractivity contribution in [2.45, 2.75) is 24.6 Å². The molecule has 2 unspecified atom stereocenters. The van der Waals surface area contributed by atoms with Gasteiger partial charge in [0, 0.05) is 0 Å². The minimum atomic E-state index is -0.241. The second-order valence-corrected chi connectivity index (χ2v) is 5.12. The molecule has 0 aromatic rings.